The van der Waals surface area contributed by atoms with Crippen LogP contribution in [0.4, 0.5) is 0 Å². The average molecular weight is 608 g/mol. The second kappa shape index (κ2) is 12.9. The highest BCUT2D eigenvalue weighted by Gasteiger charge is 2.45. The molecule has 12 heteroatoms. The molecule has 1 aromatic carbocycles. The third-order valence-corrected chi connectivity index (χ3v) is 8.84. The lowest BCUT2D eigenvalue weighted by Crippen LogP contribution is -2.61. The Morgan fingerprint density at radius 2 is 1.68 bits per heavy atom. The number of nitrogens with one attached hydrogen (secondary N) is 3. The summed E-state index contributed by atoms with van der Waals surface area (Å²) in [4.78, 5) is 45.0. The number of benzene rings is 1. The second-order valence-electron chi connectivity index (χ2n) is 12.4. The lowest BCUT2D eigenvalue weighted by Gasteiger charge is -2.36. The second-order valence-corrected chi connectivity index (χ2v) is 12.4. The summed E-state index contributed by atoms with van der Waals surface area (Å²) in [7, 11) is 0. The number of amides is 3. The summed E-state index contributed by atoms with van der Waals surface area (Å²) in [5.74, 6) is -1.14. The van der Waals surface area contributed by atoms with Gasteiger partial charge in [-0.3, -0.25) is 24.4 Å². The molecule has 0 radical (unpaired) electrons. The molecule has 2 saturated heterocycles. The minimum Gasteiger partial charge on any atom is -0.378 e. The molecule has 12 nitrogen and oxygen atoms in total. The molecule has 1 aliphatic carbocycles. The summed E-state index contributed by atoms with van der Waals surface area (Å²) in [6, 6.07) is 7.87. The quantitative estimate of drug-likeness (QED) is 0.379. The van der Waals surface area contributed by atoms with Crippen molar-refractivity contribution in [3.05, 3.63) is 47.7 Å². The largest absolute Gasteiger partial charge is 0.378 e. The molecular weight excluding hydrogens is 566 g/mol. The highest BCUT2D eigenvalue weighted by Crippen LogP contribution is 2.38. The van der Waals surface area contributed by atoms with Gasteiger partial charge in [-0.05, 0) is 63.1 Å². The van der Waals surface area contributed by atoms with E-state index in [1.54, 1.807) is 6.92 Å². The van der Waals surface area contributed by atoms with Crippen LogP contribution in [0.2, 0.25) is 0 Å². The molecule has 5 atom stereocenters. The first-order chi connectivity index (χ1) is 21.2. The number of nitrogens with zero attached hydrogens (tertiary/aromatic N) is 2. The topological polar surface area (TPSA) is 151 Å². The van der Waals surface area contributed by atoms with Crippen LogP contribution in [0.25, 0.3) is 17.0 Å². The first-order valence-corrected chi connectivity index (χ1v) is 15.5. The maximum atomic E-state index is 13.5. The molecule has 4 aliphatic rings. The van der Waals surface area contributed by atoms with Gasteiger partial charge in [0.25, 0.3) is 5.91 Å². The zero-order valence-electron chi connectivity index (χ0n) is 25.2. The van der Waals surface area contributed by atoms with E-state index in [9.17, 15) is 19.5 Å². The summed E-state index contributed by atoms with van der Waals surface area (Å²) in [5.41, 5.74) is 4.27. The number of carbonyl (C=O) groups excluding carboxylic acids is 3. The summed E-state index contributed by atoms with van der Waals surface area (Å²) in [5, 5.41) is 19.7. The lowest BCUT2D eigenvalue weighted by molar-refractivity contribution is -0.210. The first-order valence-electron chi connectivity index (χ1n) is 15.5. The van der Waals surface area contributed by atoms with Gasteiger partial charge >= 0.3 is 0 Å². The van der Waals surface area contributed by atoms with Crippen LogP contribution in [-0.2, 0) is 28.6 Å². The molecule has 236 valence electrons. The van der Waals surface area contributed by atoms with Gasteiger partial charge < -0.3 is 30.0 Å². The maximum absolute atomic E-state index is 13.5. The monoisotopic (exact) mass is 607 g/mol. The summed E-state index contributed by atoms with van der Waals surface area (Å²) in [6.45, 7) is 4.90. The minimum atomic E-state index is -1.42. The Morgan fingerprint density at radius 1 is 0.955 bits per heavy atom. The zero-order chi connectivity index (χ0) is 30.8. The van der Waals surface area contributed by atoms with Gasteiger partial charge in [-0.1, -0.05) is 30.4 Å². The molecule has 2 aromatic rings. The maximum Gasteiger partial charge on any atom is 0.258 e. The predicted molar refractivity (Wildman–Crippen MR) is 160 cm³/mol. The van der Waals surface area contributed by atoms with Crippen molar-refractivity contribution in [1.82, 2.24) is 26.1 Å². The van der Waals surface area contributed by atoms with E-state index in [1.165, 1.54) is 5.01 Å². The van der Waals surface area contributed by atoms with Gasteiger partial charge in [-0.25, -0.2) is 5.43 Å². The molecule has 6 rings (SSSR count). The van der Waals surface area contributed by atoms with Crippen LogP contribution in [0.5, 0.6) is 0 Å². The van der Waals surface area contributed by atoms with Crippen molar-refractivity contribution in [2.45, 2.75) is 70.1 Å². The zero-order valence-corrected chi connectivity index (χ0v) is 25.2. The van der Waals surface area contributed by atoms with Gasteiger partial charge in [0.05, 0.1) is 49.1 Å². The fourth-order valence-corrected chi connectivity index (χ4v) is 5.94. The molecule has 3 aliphatic heterocycles. The smallest absolute Gasteiger partial charge is 0.258 e. The third-order valence-electron chi connectivity index (χ3n) is 8.84. The Kier molecular flexibility index (Phi) is 8.97. The van der Waals surface area contributed by atoms with Crippen molar-refractivity contribution < 1.29 is 33.7 Å². The molecule has 5 bridgehead atoms. The SMILES string of the molecule is CC1NC(=O)C(C2CC2)OC(O)C2(C=Cc3ccc4ccc(nc4c3)C(C)NC(=O)C3CCCN(N3)C1=O)COCCOC2. The Bertz CT molecular complexity index is 1420. The molecule has 5 unspecified atom stereocenters. The van der Waals surface area contributed by atoms with Crippen LogP contribution >= 0.6 is 0 Å². The van der Waals surface area contributed by atoms with Crippen LogP contribution < -0.4 is 16.1 Å². The number of aliphatic hydroxyl groups excluding tert-OH is 1. The van der Waals surface area contributed by atoms with E-state index in [0.29, 0.717) is 38.3 Å². The number of hydrogen-bond acceptors (Lipinski definition) is 9. The van der Waals surface area contributed by atoms with E-state index < -0.39 is 35.8 Å². The normalized spacial score (nSPS) is 30.6. The number of aromatic nitrogens is 1. The number of fused-ring (bicyclic) bond motifs is 4. The van der Waals surface area contributed by atoms with E-state index in [4.69, 9.17) is 19.2 Å². The number of pyridine rings is 1. The number of hydrogen-bond donors (Lipinski definition) is 4. The molecule has 44 heavy (non-hydrogen) atoms. The van der Waals surface area contributed by atoms with Gasteiger partial charge in [0.15, 0.2) is 6.29 Å². The Balaban J connectivity index is 1.36. The standard InChI is InChI=1S/C32H41N5O7/c1-19-24-10-9-22-6-5-21(16-26(22)35-24)11-12-32(17-42-14-15-43-18-32)31(41)44-27(23-7-8-23)29(39)34-20(2)30(40)37-13-3-4-25(36-37)28(38)33-19/h5-6,9-12,16,19-20,23,25,27,31,36,41H,3-4,7-8,13-15,17-18H2,1-2H3,(H,33,38)(H,34,39). The van der Waals surface area contributed by atoms with E-state index in [-0.39, 0.29) is 37.0 Å². The van der Waals surface area contributed by atoms with Crippen LogP contribution in [0.1, 0.15) is 56.8 Å². The minimum absolute atomic E-state index is 0.0776. The van der Waals surface area contributed by atoms with E-state index >= 15 is 0 Å². The van der Waals surface area contributed by atoms with Gasteiger partial charge in [0.2, 0.25) is 11.8 Å². The van der Waals surface area contributed by atoms with Crippen molar-refractivity contribution >= 4 is 34.7 Å². The van der Waals surface area contributed by atoms with E-state index in [2.05, 4.69) is 16.1 Å². The Morgan fingerprint density at radius 3 is 2.43 bits per heavy atom. The molecule has 1 saturated carbocycles. The lowest BCUT2D eigenvalue weighted by atomic mass is 9.87. The molecular formula is C32H41N5O7. The third kappa shape index (κ3) is 6.64. The van der Waals surface area contributed by atoms with Crippen molar-refractivity contribution in [3.63, 3.8) is 0 Å². The highest BCUT2D eigenvalue weighted by molar-refractivity contribution is 5.90. The van der Waals surface area contributed by atoms with Gasteiger partial charge in [-0.15, -0.1) is 0 Å². The fraction of sp³-hybridized carbons (Fsp3) is 0.562. The van der Waals surface area contributed by atoms with Crippen molar-refractivity contribution in [2.24, 2.45) is 11.3 Å². The number of hydrazine groups is 1. The molecule has 3 amide bonds. The number of rotatable bonds is 1. The number of ether oxygens (including phenoxy) is 3. The molecule has 1 aromatic heterocycles. The van der Waals surface area contributed by atoms with E-state index in [1.807, 2.05) is 49.4 Å². The predicted octanol–water partition coefficient (Wildman–Crippen LogP) is 1.59. The molecule has 1 spiro atoms. The van der Waals surface area contributed by atoms with Gasteiger partial charge in [0.1, 0.15) is 18.2 Å². The van der Waals surface area contributed by atoms with Crippen LogP contribution in [-0.4, -0.2) is 90.3 Å². The van der Waals surface area contributed by atoms with Crippen molar-refractivity contribution in [1.29, 1.82) is 0 Å². The summed E-state index contributed by atoms with van der Waals surface area (Å²) in [6.07, 6.45) is 4.07. The van der Waals surface area contributed by atoms with Gasteiger partial charge in [0, 0.05) is 11.9 Å². The van der Waals surface area contributed by atoms with Crippen LogP contribution in [0.3, 0.4) is 0 Å². The highest BCUT2D eigenvalue weighted by atomic mass is 16.6. The fourth-order valence-electron chi connectivity index (χ4n) is 5.94. The van der Waals surface area contributed by atoms with Gasteiger partial charge in [-0.2, -0.15) is 0 Å². The van der Waals surface area contributed by atoms with Crippen LogP contribution in [0.15, 0.2) is 36.4 Å². The Hall–Kier alpha value is -3.42. The van der Waals surface area contributed by atoms with Crippen LogP contribution in [0, 0.1) is 11.3 Å². The number of aliphatic hydroxyl groups is 1. The van der Waals surface area contributed by atoms with Crippen molar-refractivity contribution in [2.75, 3.05) is 33.0 Å². The number of carbonyl (C=O) groups is 3. The van der Waals surface area contributed by atoms with Crippen molar-refractivity contribution in [3.8, 4) is 0 Å². The summed E-state index contributed by atoms with van der Waals surface area (Å²) < 4.78 is 17.8. The Labute approximate surface area is 256 Å². The summed E-state index contributed by atoms with van der Waals surface area (Å²) >= 11 is 0. The molecule has 4 heterocycles. The molecule has 3 fully saturated rings. The first kappa shape index (κ1) is 30.6. The molecule has 4 N–H and O–H groups in total. The van der Waals surface area contributed by atoms with E-state index in [0.717, 1.165) is 29.3 Å². The average Bonchev–Trinajstić information content (AvgIpc) is 3.89.